The Balaban J connectivity index is 1.60. The maximum absolute atomic E-state index is 12.1. The van der Waals surface area contributed by atoms with Gasteiger partial charge in [0.05, 0.1) is 0 Å². The Morgan fingerprint density at radius 1 is 1.10 bits per heavy atom. The van der Waals surface area contributed by atoms with Crippen molar-refractivity contribution in [2.45, 2.75) is 18.4 Å². The van der Waals surface area contributed by atoms with E-state index in [2.05, 4.69) is 33.6 Å². The second-order valence-corrected chi connectivity index (χ2v) is 7.03. The van der Waals surface area contributed by atoms with Gasteiger partial charge >= 0.3 is 6.03 Å². The Morgan fingerprint density at radius 2 is 1.93 bits per heavy atom. The van der Waals surface area contributed by atoms with Crippen molar-refractivity contribution in [3.8, 4) is 11.5 Å². The fourth-order valence-electron chi connectivity index (χ4n) is 2.73. The molecule has 3 rings (SSSR count). The minimum Gasteiger partial charge on any atom is -0.457 e. The van der Waals surface area contributed by atoms with Crippen molar-refractivity contribution in [3.05, 3.63) is 77.6 Å². The van der Waals surface area contributed by atoms with Crippen LogP contribution in [0.1, 0.15) is 21.6 Å². The molecule has 0 unspecified atom stereocenters. The topological polar surface area (TPSA) is 92.4 Å². The summed E-state index contributed by atoms with van der Waals surface area (Å²) in [5, 5.41) is 8.12. The number of amides is 3. The largest absolute Gasteiger partial charge is 0.457 e. The van der Waals surface area contributed by atoms with Gasteiger partial charge in [-0.15, -0.1) is 12.6 Å². The minimum atomic E-state index is -0.301. The van der Waals surface area contributed by atoms with Crippen molar-refractivity contribution in [1.29, 1.82) is 0 Å². The molecule has 8 heteroatoms. The second-order valence-electron chi connectivity index (χ2n) is 6.52. The van der Waals surface area contributed by atoms with Crippen molar-refractivity contribution >= 4 is 30.3 Å². The standard InChI is InChI=1S/C22H22N4O3S/c1-14-10-15(13-25-22(28)26-16-4-3-5-18(30)11-16)6-7-20(14)29-17-8-9-24-19(12-17)21(27)23-2/h3-12,30H,13H2,1-2H3,(H,23,27)(H2,25,26,28). The van der Waals surface area contributed by atoms with Gasteiger partial charge in [-0.3, -0.25) is 9.78 Å². The van der Waals surface area contributed by atoms with Crippen molar-refractivity contribution in [2.75, 3.05) is 12.4 Å². The molecule has 0 saturated carbocycles. The summed E-state index contributed by atoms with van der Waals surface area (Å²) in [5.41, 5.74) is 2.78. The first-order chi connectivity index (χ1) is 14.4. The second kappa shape index (κ2) is 9.80. The Morgan fingerprint density at radius 3 is 2.67 bits per heavy atom. The number of anilines is 1. The summed E-state index contributed by atoms with van der Waals surface area (Å²) in [6, 6.07) is 15.8. The number of nitrogens with zero attached hydrogens (tertiary/aromatic N) is 1. The Labute approximate surface area is 180 Å². The number of thiol groups is 1. The van der Waals surface area contributed by atoms with E-state index in [1.165, 1.54) is 6.20 Å². The highest BCUT2D eigenvalue weighted by Gasteiger charge is 2.09. The summed E-state index contributed by atoms with van der Waals surface area (Å²) in [6.45, 7) is 2.28. The zero-order chi connectivity index (χ0) is 21.5. The molecule has 0 saturated heterocycles. The molecule has 0 radical (unpaired) electrons. The number of carbonyl (C=O) groups excluding carboxylic acids is 2. The van der Waals surface area contributed by atoms with Gasteiger partial charge in [-0.1, -0.05) is 18.2 Å². The molecule has 0 aliphatic rings. The van der Waals surface area contributed by atoms with Crippen LogP contribution in [0.2, 0.25) is 0 Å². The van der Waals surface area contributed by atoms with Gasteiger partial charge in [-0.05, 0) is 48.4 Å². The first-order valence-electron chi connectivity index (χ1n) is 9.24. The molecule has 1 aromatic heterocycles. The third-order valence-corrected chi connectivity index (χ3v) is 4.49. The van der Waals surface area contributed by atoms with Crippen LogP contribution >= 0.6 is 12.6 Å². The lowest BCUT2D eigenvalue weighted by molar-refractivity contribution is 0.0958. The van der Waals surface area contributed by atoms with Gasteiger partial charge in [-0.25, -0.2) is 4.79 Å². The van der Waals surface area contributed by atoms with E-state index in [4.69, 9.17) is 4.74 Å². The highest BCUT2D eigenvalue weighted by atomic mass is 32.1. The number of carbonyl (C=O) groups is 2. The number of nitrogens with one attached hydrogen (secondary N) is 3. The molecule has 0 spiro atoms. The molecule has 154 valence electrons. The third kappa shape index (κ3) is 5.74. The lowest BCUT2D eigenvalue weighted by atomic mass is 10.1. The first-order valence-corrected chi connectivity index (χ1v) is 9.68. The number of hydrogen-bond acceptors (Lipinski definition) is 5. The van der Waals surface area contributed by atoms with Gasteiger partial charge in [0, 0.05) is 36.4 Å². The van der Waals surface area contributed by atoms with E-state index in [0.29, 0.717) is 23.7 Å². The smallest absolute Gasteiger partial charge is 0.319 e. The summed E-state index contributed by atoms with van der Waals surface area (Å²) in [4.78, 5) is 28.6. The van der Waals surface area contributed by atoms with Crippen LogP contribution in [0.15, 0.2) is 65.7 Å². The number of pyridine rings is 1. The number of benzene rings is 2. The Bertz CT molecular complexity index is 1070. The average molecular weight is 423 g/mol. The minimum absolute atomic E-state index is 0.280. The Hall–Kier alpha value is -3.52. The molecular weight excluding hydrogens is 400 g/mol. The van der Waals surface area contributed by atoms with Gasteiger partial charge in [0.1, 0.15) is 17.2 Å². The molecule has 3 aromatic rings. The lowest BCUT2D eigenvalue weighted by Gasteiger charge is -2.12. The fraction of sp³-hybridized carbons (Fsp3) is 0.136. The van der Waals surface area contributed by atoms with Gasteiger partial charge in [0.25, 0.3) is 5.91 Å². The predicted molar refractivity (Wildman–Crippen MR) is 118 cm³/mol. The van der Waals surface area contributed by atoms with Crippen LogP contribution in [0.25, 0.3) is 0 Å². The van der Waals surface area contributed by atoms with E-state index < -0.39 is 0 Å². The molecule has 3 amide bonds. The molecule has 1 heterocycles. The van der Waals surface area contributed by atoms with Gasteiger partial charge in [0.15, 0.2) is 0 Å². The van der Waals surface area contributed by atoms with Crippen LogP contribution in [0.5, 0.6) is 11.5 Å². The molecule has 3 N–H and O–H groups in total. The van der Waals surface area contributed by atoms with Crippen LogP contribution in [-0.4, -0.2) is 24.0 Å². The average Bonchev–Trinajstić information content (AvgIpc) is 2.73. The molecular formula is C22H22N4O3S. The van der Waals surface area contributed by atoms with Gasteiger partial charge in [-0.2, -0.15) is 0 Å². The third-order valence-electron chi connectivity index (χ3n) is 4.22. The molecule has 0 fully saturated rings. The lowest BCUT2D eigenvalue weighted by Crippen LogP contribution is -2.28. The SMILES string of the molecule is CNC(=O)c1cc(Oc2ccc(CNC(=O)Nc3cccc(S)c3)cc2C)ccn1. The van der Waals surface area contributed by atoms with Crippen LogP contribution in [-0.2, 0) is 6.54 Å². The zero-order valence-corrected chi connectivity index (χ0v) is 17.5. The van der Waals surface area contributed by atoms with Crippen molar-refractivity contribution in [3.63, 3.8) is 0 Å². The summed E-state index contributed by atoms with van der Waals surface area (Å²) < 4.78 is 5.89. The molecule has 7 nitrogen and oxygen atoms in total. The van der Waals surface area contributed by atoms with Crippen molar-refractivity contribution < 1.29 is 14.3 Å². The first kappa shape index (κ1) is 21.2. The summed E-state index contributed by atoms with van der Waals surface area (Å²) in [5.74, 6) is 0.893. The maximum Gasteiger partial charge on any atom is 0.319 e. The molecule has 30 heavy (non-hydrogen) atoms. The van der Waals surface area contributed by atoms with Gasteiger partial charge < -0.3 is 20.7 Å². The summed E-state index contributed by atoms with van der Waals surface area (Å²) in [7, 11) is 1.55. The number of ether oxygens (including phenoxy) is 1. The van der Waals surface area contributed by atoms with Crippen molar-refractivity contribution in [1.82, 2.24) is 15.6 Å². The Kier molecular flexibility index (Phi) is 6.92. The predicted octanol–water partition coefficient (Wildman–Crippen LogP) is 4.15. The number of urea groups is 1. The zero-order valence-electron chi connectivity index (χ0n) is 16.6. The molecule has 0 atom stereocenters. The van der Waals surface area contributed by atoms with E-state index in [9.17, 15) is 9.59 Å². The number of rotatable bonds is 6. The molecule has 2 aromatic carbocycles. The van der Waals surface area contributed by atoms with Crippen molar-refractivity contribution in [2.24, 2.45) is 0 Å². The van der Waals surface area contributed by atoms with E-state index in [-0.39, 0.29) is 17.6 Å². The highest BCUT2D eigenvalue weighted by molar-refractivity contribution is 7.80. The quantitative estimate of drug-likeness (QED) is 0.449. The van der Waals surface area contributed by atoms with E-state index in [1.807, 2.05) is 37.3 Å². The van der Waals surface area contributed by atoms with E-state index in [0.717, 1.165) is 16.0 Å². The normalized spacial score (nSPS) is 10.2. The maximum atomic E-state index is 12.1. The van der Waals surface area contributed by atoms with Crippen LogP contribution < -0.4 is 20.7 Å². The summed E-state index contributed by atoms with van der Waals surface area (Å²) >= 11 is 4.26. The van der Waals surface area contributed by atoms with Crippen LogP contribution in [0.4, 0.5) is 10.5 Å². The number of aryl methyl sites for hydroxylation is 1. The van der Waals surface area contributed by atoms with Crippen LogP contribution in [0.3, 0.4) is 0 Å². The fourth-order valence-corrected chi connectivity index (χ4v) is 2.96. The monoisotopic (exact) mass is 422 g/mol. The number of aromatic nitrogens is 1. The molecule has 0 bridgehead atoms. The number of hydrogen-bond donors (Lipinski definition) is 4. The van der Waals surface area contributed by atoms with E-state index >= 15 is 0 Å². The van der Waals surface area contributed by atoms with E-state index in [1.54, 1.807) is 31.3 Å². The molecule has 0 aliphatic heterocycles. The van der Waals surface area contributed by atoms with Crippen LogP contribution in [0, 0.1) is 6.92 Å². The molecule has 0 aliphatic carbocycles. The summed E-state index contributed by atoms with van der Waals surface area (Å²) in [6.07, 6.45) is 1.52. The highest BCUT2D eigenvalue weighted by Crippen LogP contribution is 2.26. The van der Waals surface area contributed by atoms with Gasteiger partial charge in [0.2, 0.25) is 0 Å².